The summed E-state index contributed by atoms with van der Waals surface area (Å²) in [5, 5.41) is 3.78. The molecule has 8 heteroatoms. The molecule has 0 saturated heterocycles. The summed E-state index contributed by atoms with van der Waals surface area (Å²) in [6, 6.07) is 7.35. The van der Waals surface area contributed by atoms with Gasteiger partial charge < -0.3 is 14.8 Å². The molecule has 2 aliphatic rings. The minimum atomic E-state index is -0.232. The highest BCUT2D eigenvalue weighted by Crippen LogP contribution is 2.37. The van der Waals surface area contributed by atoms with Crippen LogP contribution < -0.4 is 19.7 Å². The van der Waals surface area contributed by atoms with E-state index < -0.39 is 0 Å². The molecule has 0 spiro atoms. The van der Waals surface area contributed by atoms with Crippen LogP contribution in [-0.4, -0.2) is 42.3 Å². The molecule has 7 nitrogen and oxygen atoms in total. The van der Waals surface area contributed by atoms with Gasteiger partial charge in [0.2, 0.25) is 11.8 Å². The zero-order chi connectivity index (χ0) is 20.5. The number of carbonyl (C=O) groups is 2. The lowest BCUT2D eigenvalue weighted by Gasteiger charge is -2.30. The van der Waals surface area contributed by atoms with Gasteiger partial charge in [-0.1, -0.05) is 17.8 Å². The summed E-state index contributed by atoms with van der Waals surface area (Å²) >= 11 is 1.42. The fourth-order valence-electron chi connectivity index (χ4n) is 3.57. The Labute approximate surface area is 173 Å². The molecule has 2 aromatic rings. The smallest absolute Gasteiger partial charge is 0.240 e. The zero-order valence-corrected chi connectivity index (χ0v) is 17.5. The first kappa shape index (κ1) is 19.6. The average molecular weight is 413 g/mol. The van der Waals surface area contributed by atoms with Crippen molar-refractivity contribution in [1.29, 1.82) is 0 Å². The molecule has 1 unspecified atom stereocenters. The molecule has 1 aromatic carbocycles. The lowest BCUT2D eigenvalue weighted by atomic mass is 10.1. The quantitative estimate of drug-likeness (QED) is 0.830. The van der Waals surface area contributed by atoms with Crippen LogP contribution in [0.1, 0.15) is 29.8 Å². The highest BCUT2D eigenvalue weighted by atomic mass is 32.2. The van der Waals surface area contributed by atoms with Crippen molar-refractivity contribution in [1.82, 2.24) is 10.3 Å². The van der Waals surface area contributed by atoms with Gasteiger partial charge in [-0.2, -0.15) is 0 Å². The van der Waals surface area contributed by atoms with E-state index in [1.807, 2.05) is 45.0 Å². The van der Waals surface area contributed by atoms with Gasteiger partial charge in [-0.3, -0.25) is 14.5 Å². The van der Waals surface area contributed by atoms with Gasteiger partial charge in [-0.15, -0.1) is 0 Å². The summed E-state index contributed by atoms with van der Waals surface area (Å²) < 4.78 is 11.2. The molecule has 0 aliphatic carbocycles. The van der Waals surface area contributed by atoms with Crippen LogP contribution in [0.15, 0.2) is 29.3 Å². The van der Waals surface area contributed by atoms with E-state index in [2.05, 4.69) is 10.3 Å². The molecule has 2 aliphatic heterocycles. The van der Waals surface area contributed by atoms with Crippen LogP contribution >= 0.6 is 11.8 Å². The number of carbonyl (C=O) groups excluding carboxylic acids is 2. The largest absolute Gasteiger partial charge is 0.486 e. The fourth-order valence-corrected chi connectivity index (χ4v) is 4.60. The van der Waals surface area contributed by atoms with Gasteiger partial charge in [0.1, 0.15) is 24.8 Å². The molecule has 1 aromatic heterocycles. The third kappa shape index (κ3) is 4.03. The van der Waals surface area contributed by atoms with Crippen molar-refractivity contribution in [2.75, 3.05) is 30.4 Å². The summed E-state index contributed by atoms with van der Waals surface area (Å²) in [6.45, 7) is 6.79. The molecule has 29 heavy (non-hydrogen) atoms. The molecular weight excluding hydrogens is 390 g/mol. The van der Waals surface area contributed by atoms with Crippen LogP contribution in [0.2, 0.25) is 0 Å². The highest BCUT2D eigenvalue weighted by Gasteiger charge is 2.29. The standard InChI is InChI=1S/C21H23N3O4S/c1-12-8-13(2)22-21-20(12)24(19(26)11-29-21)10-18(25)23-14(3)15-4-5-16-17(9-15)28-7-6-27-16/h4-5,8-9,14H,6-7,10-11H2,1-3H3,(H,23,25). The lowest BCUT2D eigenvalue weighted by molar-refractivity contribution is -0.123. The van der Waals surface area contributed by atoms with E-state index in [1.165, 1.54) is 11.8 Å². The van der Waals surface area contributed by atoms with E-state index in [0.717, 1.165) is 27.5 Å². The third-order valence-electron chi connectivity index (χ3n) is 4.93. The Morgan fingerprint density at radius 3 is 2.79 bits per heavy atom. The molecule has 0 radical (unpaired) electrons. The number of aryl methyl sites for hydroxylation is 2. The summed E-state index contributed by atoms with van der Waals surface area (Å²) in [5.41, 5.74) is 3.50. The average Bonchev–Trinajstić information content (AvgIpc) is 2.69. The van der Waals surface area contributed by atoms with Crippen molar-refractivity contribution in [2.24, 2.45) is 0 Å². The molecular formula is C21H23N3O4S. The van der Waals surface area contributed by atoms with Crippen molar-refractivity contribution in [3.05, 3.63) is 41.1 Å². The number of nitrogens with one attached hydrogen (secondary N) is 1. The first-order chi connectivity index (χ1) is 13.9. The molecule has 3 heterocycles. The first-order valence-electron chi connectivity index (χ1n) is 9.52. The maximum atomic E-state index is 12.7. The summed E-state index contributed by atoms with van der Waals surface area (Å²) in [5.74, 6) is 1.37. The van der Waals surface area contributed by atoms with Crippen LogP contribution in [0.4, 0.5) is 5.69 Å². The molecule has 1 atom stereocenters. The molecule has 0 saturated carbocycles. The number of hydrogen-bond acceptors (Lipinski definition) is 6. The maximum absolute atomic E-state index is 12.7. The first-order valence-corrected chi connectivity index (χ1v) is 10.5. The molecule has 0 bridgehead atoms. The second kappa shape index (κ2) is 7.94. The normalized spacial score (nSPS) is 16.2. The third-order valence-corrected chi connectivity index (χ3v) is 5.88. The Bertz CT molecular complexity index is 979. The number of thioether (sulfide) groups is 1. The highest BCUT2D eigenvalue weighted by molar-refractivity contribution is 8.00. The van der Waals surface area contributed by atoms with Crippen LogP contribution in [-0.2, 0) is 9.59 Å². The van der Waals surface area contributed by atoms with Crippen molar-refractivity contribution in [3.8, 4) is 11.5 Å². The van der Waals surface area contributed by atoms with Crippen LogP contribution in [0.3, 0.4) is 0 Å². The number of ether oxygens (including phenoxy) is 2. The SMILES string of the molecule is Cc1cc(C)c2c(n1)SCC(=O)N2CC(=O)NC(C)c1ccc2c(c1)OCCO2. The number of nitrogens with zero attached hydrogens (tertiary/aromatic N) is 2. The van der Waals surface area contributed by atoms with Crippen molar-refractivity contribution >= 4 is 29.3 Å². The van der Waals surface area contributed by atoms with Crippen molar-refractivity contribution in [3.63, 3.8) is 0 Å². The minimum absolute atomic E-state index is 0.0349. The zero-order valence-electron chi connectivity index (χ0n) is 16.7. The van der Waals surface area contributed by atoms with E-state index in [0.29, 0.717) is 24.7 Å². The van der Waals surface area contributed by atoms with Crippen molar-refractivity contribution in [2.45, 2.75) is 31.8 Å². The Hall–Kier alpha value is -2.74. The summed E-state index contributed by atoms with van der Waals surface area (Å²) in [6.07, 6.45) is 0. The number of benzene rings is 1. The van der Waals surface area contributed by atoms with E-state index >= 15 is 0 Å². The molecule has 152 valence electrons. The van der Waals surface area contributed by atoms with Crippen LogP contribution in [0.5, 0.6) is 11.5 Å². The predicted octanol–water partition coefficient (Wildman–Crippen LogP) is 2.79. The van der Waals surface area contributed by atoms with Gasteiger partial charge in [0, 0.05) is 5.69 Å². The van der Waals surface area contributed by atoms with Crippen LogP contribution in [0, 0.1) is 13.8 Å². The van der Waals surface area contributed by atoms with Gasteiger partial charge in [-0.25, -0.2) is 4.98 Å². The molecule has 4 rings (SSSR count). The number of rotatable bonds is 4. The second-order valence-electron chi connectivity index (χ2n) is 7.20. The number of fused-ring (bicyclic) bond motifs is 2. The molecule has 0 fully saturated rings. The van der Waals surface area contributed by atoms with Gasteiger partial charge >= 0.3 is 0 Å². The Morgan fingerprint density at radius 1 is 1.24 bits per heavy atom. The monoisotopic (exact) mass is 413 g/mol. The fraction of sp³-hybridized carbons (Fsp3) is 0.381. The van der Waals surface area contributed by atoms with Gasteiger partial charge in [0.25, 0.3) is 0 Å². The molecule has 2 amide bonds. The van der Waals surface area contributed by atoms with Crippen LogP contribution in [0.25, 0.3) is 0 Å². The summed E-state index contributed by atoms with van der Waals surface area (Å²) in [7, 11) is 0. The molecule has 1 N–H and O–H groups in total. The maximum Gasteiger partial charge on any atom is 0.240 e. The second-order valence-corrected chi connectivity index (χ2v) is 8.16. The van der Waals surface area contributed by atoms with Crippen molar-refractivity contribution < 1.29 is 19.1 Å². The van der Waals surface area contributed by atoms with E-state index in [-0.39, 0.29) is 30.2 Å². The lowest BCUT2D eigenvalue weighted by Crippen LogP contribution is -2.44. The topological polar surface area (TPSA) is 80.8 Å². The van der Waals surface area contributed by atoms with E-state index in [4.69, 9.17) is 9.47 Å². The predicted molar refractivity (Wildman–Crippen MR) is 111 cm³/mol. The Kier molecular flexibility index (Phi) is 5.36. The van der Waals surface area contributed by atoms with E-state index in [1.54, 1.807) is 4.90 Å². The summed E-state index contributed by atoms with van der Waals surface area (Å²) in [4.78, 5) is 31.3. The number of aromatic nitrogens is 1. The number of anilines is 1. The Morgan fingerprint density at radius 2 is 2.00 bits per heavy atom. The minimum Gasteiger partial charge on any atom is -0.486 e. The van der Waals surface area contributed by atoms with Gasteiger partial charge in [-0.05, 0) is 50.1 Å². The Balaban J connectivity index is 1.48. The number of pyridine rings is 1. The number of amides is 2. The van der Waals surface area contributed by atoms with E-state index in [9.17, 15) is 9.59 Å². The number of hydrogen-bond donors (Lipinski definition) is 1. The van der Waals surface area contributed by atoms with Gasteiger partial charge in [0.15, 0.2) is 11.5 Å². The van der Waals surface area contributed by atoms with Gasteiger partial charge in [0.05, 0.1) is 17.5 Å².